The maximum absolute atomic E-state index is 11.5. The van der Waals surface area contributed by atoms with Crippen LogP contribution in [-0.2, 0) is 11.3 Å². The third-order valence-corrected chi connectivity index (χ3v) is 3.70. The minimum atomic E-state index is 0.0865. The van der Waals surface area contributed by atoms with Gasteiger partial charge in [-0.05, 0) is 23.8 Å². The van der Waals surface area contributed by atoms with Crippen molar-refractivity contribution in [3.63, 3.8) is 0 Å². The maximum Gasteiger partial charge on any atom is 0.232 e. The Hall–Kier alpha value is -0.910. The normalized spacial score (nSPS) is 16.6. The number of phenolic OH excluding ortho intramolecular Hbond substituents is 1. The molecular formula is C13H17ClN2O2S. The van der Waals surface area contributed by atoms with Crippen molar-refractivity contribution in [2.75, 3.05) is 31.9 Å². The standard InChI is InChI=1S/C13H17ClN2O2S/c14-11-5-10(6-12(17)7-11)8-15-1-3-16(4-2-15)13(18)9-19/h5-7,17,19H,1-4,8-9H2. The van der Waals surface area contributed by atoms with Gasteiger partial charge >= 0.3 is 0 Å². The number of phenols is 1. The zero-order valence-electron chi connectivity index (χ0n) is 10.5. The van der Waals surface area contributed by atoms with Gasteiger partial charge in [0, 0.05) is 37.7 Å². The van der Waals surface area contributed by atoms with E-state index in [9.17, 15) is 9.90 Å². The highest BCUT2D eigenvalue weighted by atomic mass is 35.5. The highest BCUT2D eigenvalue weighted by molar-refractivity contribution is 7.81. The lowest BCUT2D eigenvalue weighted by molar-refractivity contribution is -0.130. The molecule has 1 aromatic rings. The van der Waals surface area contributed by atoms with Gasteiger partial charge in [-0.25, -0.2) is 0 Å². The molecule has 1 aromatic carbocycles. The average molecular weight is 301 g/mol. The Morgan fingerprint density at radius 3 is 2.53 bits per heavy atom. The van der Waals surface area contributed by atoms with Crippen LogP contribution in [0.15, 0.2) is 18.2 Å². The molecule has 1 saturated heterocycles. The second-order valence-electron chi connectivity index (χ2n) is 4.63. The molecule has 0 aromatic heterocycles. The molecule has 1 heterocycles. The molecule has 6 heteroatoms. The molecule has 1 N–H and O–H groups in total. The summed E-state index contributed by atoms with van der Waals surface area (Å²) in [5.74, 6) is 0.539. The molecule has 0 saturated carbocycles. The third kappa shape index (κ3) is 4.03. The Morgan fingerprint density at radius 2 is 1.95 bits per heavy atom. The second kappa shape index (κ2) is 6.50. The largest absolute Gasteiger partial charge is 0.508 e. The number of aromatic hydroxyl groups is 1. The number of carbonyl (C=O) groups excluding carboxylic acids is 1. The van der Waals surface area contributed by atoms with Crippen molar-refractivity contribution in [2.24, 2.45) is 0 Å². The van der Waals surface area contributed by atoms with E-state index in [0.29, 0.717) is 5.02 Å². The zero-order chi connectivity index (χ0) is 13.8. The van der Waals surface area contributed by atoms with Gasteiger partial charge in [0.15, 0.2) is 0 Å². The number of thiol groups is 1. The molecule has 0 atom stereocenters. The molecule has 1 fully saturated rings. The quantitative estimate of drug-likeness (QED) is 0.834. The van der Waals surface area contributed by atoms with Gasteiger partial charge in [0.25, 0.3) is 0 Å². The summed E-state index contributed by atoms with van der Waals surface area (Å²) in [6.45, 7) is 3.84. The van der Waals surface area contributed by atoms with Crippen LogP contribution in [0.25, 0.3) is 0 Å². The number of carbonyl (C=O) groups is 1. The molecule has 104 valence electrons. The van der Waals surface area contributed by atoms with Crippen LogP contribution < -0.4 is 0 Å². The van der Waals surface area contributed by atoms with Crippen molar-refractivity contribution in [3.8, 4) is 5.75 Å². The summed E-state index contributed by atoms with van der Waals surface area (Å²) in [4.78, 5) is 15.6. The number of hydrogen-bond acceptors (Lipinski definition) is 4. The first-order valence-electron chi connectivity index (χ1n) is 6.18. The molecule has 19 heavy (non-hydrogen) atoms. The number of piperazine rings is 1. The fourth-order valence-corrected chi connectivity index (χ4v) is 2.69. The Morgan fingerprint density at radius 1 is 1.26 bits per heavy atom. The minimum Gasteiger partial charge on any atom is -0.508 e. The highest BCUT2D eigenvalue weighted by Gasteiger charge is 2.20. The Kier molecular flexibility index (Phi) is 4.96. The number of hydrogen-bond donors (Lipinski definition) is 2. The molecule has 0 aliphatic carbocycles. The summed E-state index contributed by atoms with van der Waals surface area (Å²) in [6.07, 6.45) is 0. The maximum atomic E-state index is 11.5. The van der Waals surface area contributed by atoms with E-state index >= 15 is 0 Å². The Bertz CT molecular complexity index is 442. The van der Waals surface area contributed by atoms with Crippen molar-refractivity contribution >= 4 is 30.1 Å². The van der Waals surface area contributed by atoms with Crippen molar-refractivity contribution in [1.29, 1.82) is 0 Å². The number of benzene rings is 1. The summed E-state index contributed by atoms with van der Waals surface area (Å²) in [6, 6.07) is 5.10. The van der Waals surface area contributed by atoms with Crippen LogP contribution in [0.2, 0.25) is 5.02 Å². The van der Waals surface area contributed by atoms with Gasteiger partial charge in [0.1, 0.15) is 5.75 Å². The lowest BCUT2D eigenvalue weighted by Gasteiger charge is -2.34. The van der Waals surface area contributed by atoms with Crippen molar-refractivity contribution in [1.82, 2.24) is 9.80 Å². The summed E-state index contributed by atoms with van der Waals surface area (Å²) in [7, 11) is 0. The molecule has 0 radical (unpaired) electrons. The van der Waals surface area contributed by atoms with Gasteiger partial charge in [0.05, 0.1) is 5.75 Å². The van der Waals surface area contributed by atoms with Crippen LogP contribution in [0, 0.1) is 0 Å². The van der Waals surface area contributed by atoms with Gasteiger partial charge in [-0.1, -0.05) is 11.6 Å². The smallest absolute Gasteiger partial charge is 0.232 e. The summed E-state index contributed by atoms with van der Waals surface area (Å²) < 4.78 is 0. The molecule has 0 bridgehead atoms. The highest BCUT2D eigenvalue weighted by Crippen LogP contribution is 2.21. The summed E-state index contributed by atoms with van der Waals surface area (Å²) in [5, 5.41) is 10.0. The van der Waals surface area contributed by atoms with E-state index in [-0.39, 0.29) is 17.4 Å². The van der Waals surface area contributed by atoms with E-state index in [0.717, 1.165) is 38.3 Å². The zero-order valence-corrected chi connectivity index (χ0v) is 12.2. The number of amides is 1. The van der Waals surface area contributed by atoms with E-state index in [2.05, 4.69) is 17.5 Å². The van der Waals surface area contributed by atoms with E-state index in [1.54, 1.807) is 6.07 Å². The fraction of sp³-hybridized carbons (Fsp3) is 0.462. The van der Waals surface area contributed by atoms with E-state index < -0.39 is 0 Å². The van der Waals surface area contributed by atoms with Crippen molar-refractivity contribution in [3.05, 3.63) is 28.8 Å². The monoisotopic (exact) mass is 300 g/mol. The minimum absolute atomic E-state index is 0.0865. The van der Waals surface area contributed by atoms with Crippen LogP contribution in [0.3, 0.4) is 0 Å². The molecule has 0 spiro atoms. The average Bonchev–Trinajstić information content (AvgIpc) is 2.37. The van der Waals surface area contributed by atoms with Gasteiger partial charge in [0.2, 0.25) is 5.91 Å². The number of rotatable bonds is 3. The van der Waals surface area contributed by atoms with Crippen LogP contribution in [-0.4, -0.2) is 52.7 Å². The third-order valence-electron chi connectivity index (χ3n) is 3.21. The van der Waals surface area contributed by atoms with Gasteiger partial charge in [-0.15, -0.1) is 0 Å². The van der Waals surface area contributed by atoms with Crippen molar-refractivity contribution < 1.29 is 9.90 Å². The van der Waals surface area contributed by atoms with E-state index in [1.807, 2.05) is 11.0 Å². The van der Waals surface area contributed by atoms with E-state index in [1.165, 1.54) is 6.07 Å². The first-order chi connectivity index (χ1) is 9.08. The fourth-order valence-electron chi connectivity index (χ4n) is 2.24. The van der Waals surface area contributed by atoms with Crippen LogP contribution in [0.5, 0.6) is 5.75 Å². The summed E-state index contributed by atoms with van der Waals surface area (Å²) >= 11 is 9.92. The van der Waals surface area contributed by atoms with Crippen LogP contribution in [0.4, 0.5) is 0 Å². The lowest BCUT2D eigenvalue weighted by Crippen LogP contribution is -2.48. The Labute approximate surface area is 123 Å². The van der Waals surface area contributed by atoms with Gasteiger partial charge in [-0.3, -0.25) is 9.69 Å². The lowest BCUT2D eigenvalue weighted by atomic mass is 10.2. The SMILES string of the molecule is O=C(CS)N1CCN(Cc2cc(O)cc(Cl)c2)CC1. The summed E-state index contributed by atoms with van der Waals surface area (Å²) in [5.41, 5.74) is 0.985. The molecule has 2 rings (SSSR count). The predicted molar refractivity (Wildman–Crippen MR) is 78.8 cm³/mol. The van der Waals surface area contributed by atoms with Crippen LogP contribution in [0.1, 0.15) is 5.56 Å². The van der Waals surface area contributed by atoms with Crippen molar-refractivity contribution in [2.45, 2.75) is 6.54 Å². The van der Waals surface area contributed by atoms with Gasteiger partial charge in [-0.2, -0.15) is 12.6 Å². The molecule has 1 aliphatic rings. The number of halogens is 1. The van der Waals surface area contributed by atoms with E-state index in [4.69, 9.17) is 11.6 Å². The predicted octanol–water partition coefficient (Wildman–Crippen LogP) is 1.62. The number of nitrogens with zero attached hydrogens (tertiary/aromatic N) is 2. The molecule has 0 unspecified atom stereocenters. The van der Waals surface area contributed by atoms with Crippen LogP contribution >= 0.6 is 24.2 Å². The molecular weight excluding hydrogens is 284 g/mol. The Balaban J connectivity index is 1.90. The molecule has 1 amide bonds. The molecule has 1 aliphatic heterocycles. The molecule has 4 nitrogen and oxygen atoms in total. The topological polar surface area (TPSA) is 43.8 Å². The second-order valence-corrected chi connectivity index (χ2v) is 5.39. The first-order valence-corrected chi connectivity index (χ1v) is 7.19. The first kappa shape index (κ1) is 14.5. The van der Waals surface area contributed by atoms with Gasteiger partial charge < -0.3 is 10.0 Å².